The molecule has 5 heteroatoms. The van der Waals surface area contributed by atoms with Crippen molar-refractivity contribution in [2.24, 2.45) is 0 Å². The number of carbonyl (C=O) groups is 2. The van der Waals surface area contributed by atoms with Gasteiger partial charge in [-0.3, -0.25) is 4.79 Å². The molecular weight excluding hydrogens is 304 g/mol. The van der Waals surface area contributed by atoms with E-state index in [0.29, 0.717) is 6.61 Å². The van der Waals surface area contributed by atoms with Gasteiger partial charge in [-0.05, 0) is 6.42 Å². The molecular formula is C19H38N2O3. The highest BCUT2D eigenvalue weighted by Crippen LogP contribution is 2.12. The van der Waals surface area contributed by atoms with Crippen molar-refractivity contribution in [3.8, 4) is 0 Å². The lowest BCUT2D eigenvalue weighted by molar-refractivity contribution is -0.119. The second-order valence-corrected chi connectivity index (χ2v) is 6.41. The molecule has 0 aliphatic carbocycles. The molecule has 0 saturated carbocycles. The smallest absolute Gasteiger partial charge is 0.407 e. The van der Waals surface area contributed by atoms with Crippen LogP contribution in [0.5, 0.6) is 0 Å². The fraction of sp³-hybridized carbons (Fsp3) is 0.895. The molecule has 24 heavy (non-hydrogen) atoms. The van der Waals surface area contributed by atoms with Gasteiger partial charge in [0.15, 0.2) is 0 Å². The number of unbranched alkanes of at least 4 members (excludes halogenated alkanes) is 12. The minimum absolute atomic E-state index is 0.0338. The third kappa shape index (κ3) is 17.1. The van der Waals surface area contributed by atoms with Crippen LogP contribution in [0.4, 0.5) is 4.79 Å². The van der Waals surface area contributed by atoms with Crippen molar-refractivity contribution in [3.63, 3.8) is 0 Å². The van der Waals surface area contributed by atoms with Crippen LogP contribution >= 0.6 is 0 Å². The highest BCUT2D eigenvalue weighted by atomic mass is 16.5. The predicted molar refractivity (Wildman–Crippen MR) is 99.1 cm³/mol. The Morgan fingerprint density at radius 1 is 0.750 bits per heavy atom. The van der Waals surface area contributed by atoms with Gasteiger partial charge in [0, 0.05) is 7.05 Å². The summed E-state index contributed by atoms with van der Waals surface area (Å²) < 4.78 is 5.01. The van der Waals surface area contributed by atoms with E-state index in [4.69, 9.17) is 4.74 Å². The van der Waals surface area contributed by atoms with Gasteiger partial charge >= 0.3 is 6.09 Å². The quantitative estimate of drug-likeness (QED) is 0.404. The number of hydrogen-bond donors (Lipinski definition) is 2. The third-order valence-electron chi connectivity index (χ3n) is 4.15. The van der Waals surface area contributed by atoms with Gasteiger partial charge < -0.3 is 15.4 Å². The average molecular weight is 343 g/mol. The van der Waals surface area contributed by atoms with Gasteiger partial charge in [-0.1, -0.05) is 84.0 Å². The minimum atomic E-state index is -0.516. The molecule has 0 unspecified atom stereocenters. The molecule has 0 aromatic heterocycles. The van der Waals surface area contributed by atoms with Gasteiger partial charge in [0.25, 0.3) is 0 Å². The maximum atomic E-state index is 11.3. The molecule has 0 aromatic carbocycles. The van der Waals surface area contributed by atoms with Gasteiger partial charge in [0.2, 0.25) is 5.91 Å². The summed E-state index contributed by atoms with van der Waals surface area (Å²) in [4.78, 5) is 22.2. The third-order valence-corrected chi connectivity index (χ3v) is 4.15. The second kappa shape index (κ2) is 18.1. The average Bonchev–Trinajstić information content (AvgIpc) is 2.59. The molecule has 0 spiro atoms. The first-order valence-electron chi connectivity index (χ1n) is 9.82. The van der Waals surface area contributed by atoms with Gasteiger partial charge in [-0.15, -0.1) is 0 Å². The Morgan fingerprint density at radius 3 is 1.67 bits per heavy atom. The lowest BCUT2D eigenvalue weighted by Crippen LogP contribution is -2.35. The van der Waals surface area contributed by atoms with Crippen molar-refractivity contribution in [3.05, 3.63) is 0 Å². The van der Waals surface area contributed by atoms with Crippen LogP contribution in [-0.2, 0) is 9.53 Å². The molecule has 0 fully saturated rings. The fourth-order valence-electron chi connectivity index (χ4n) is 2.58. The van der Waals surface area contributed by atoms with E-state index in [1.807, 2.05) is 0 Å². The molecule has 0 aromatic rings. The van der Waals surface area contributed by atoms with Crippen LogP contribution in [0, 0.1) is 0 Å². The zero-order valence-electron chi connectivity index (χ0n) is 15.8. The molecule has 5 nitrogen and oxygen atoms in total. The van der Waals surface area contributed by atoms with Crippen LogP contribution in [0.1, 0.15) is 90.4 Å². The normalized spacial score (nSPS) is 10.4. The maximum absolute atomic E-state index is 11.3. The van der Waals surface area contributed by atoms with Crippen molar-refractivity contribution in [1.82, 2.24) is 10.6 Å². The van der Waals surface area contributed by atoms with Crippen LogP contribution in [-0.4, -0.2) is 32.2 Å². The van der Waals surface area contributed by atoms with Crippen LogP contribution in [0.3, 0.4) is 0 Å². The maximum Gasteiger partial charge on any atom is 0.407 e. The first-order chi connectivity index (χ1) is 11.7. The summed E-state index contributed by atoms with van der Waals surface area (Å²) in [5, 5.41) is 4.84. The topological polar surface area (TPSA) is 67.4 Å². The number of likely N-dealkylation sites (N-methyl/N-ethyl adjacent to an activating group) is 1. The highest BCUT2D eigenvalue weighted by molar-refractivity contribution is 5.81. The molecule has 142 valence electrons. The zero-order chi connectivity index (χ0) is 17.9. The number of alkyl carbamates (subject to hydrolysis) is 1. The number of hydrogen-bond acceptors (Lipinski definition) is 3. The summed E-state index contributed by atoms with van der Waals surface area (Å²) >= 11 is 0. The van der Waals surface area contributed by atoms with Gasteiger partial charge in [0.05, 0.1) is 13.2 Å². The molecule has 0 rings (SSSR count). The Kier molecular flexibility index (Phi) is 17.1. The number of nitrogens with one attached hydrogen (secondary N) is 2. The zero-order valence-corrected chi connectivity index (χ0v) is 15.8. The largest absolute Gasteiger partial charge is 0.450 e. The standard InChI is InChI=1S/C19H38N2O3/c1-3-4-5-6-7-8-9-10-11-12-13-14-15-16-24-19(23)21-17-18(22)20-2/h3-17H2,1-2H3,(H,20,22)(H,21,23). The predicted octanol–water partition coefficient (Wildman–Crippen LogP) is 4.55. The molecule has 0 aliphatic rings. The Morgan fingerprint density at radius 2 is 1.21 bits per heavy atom. The van der Waals surface area contributed by atoms with E-state index in [2.05, 4.69) is 17.6 Å². The fourth-order valence-corrected chi connectivity index (χ4v) is 2.58. The number of ether oxygens (including phenoxy) is 1. The summed E-state index contributed by atoms with van der Waals surface area (Å²) in [5.41, 5.74) is 0. The molecule has 0 radical (unpaired) electrons. The van der Waals surface area contributed by atoms with Crippen LogP contribution in [0.15, 0.2) is 0 Å². The lowest BCUT2D eigenvalue weighted by Gasteiger charge is -2.06. The van der Waals surface area contributed by atoms with Crippen molar-refractivity contribution in [2.75, 3.05) is 20.2 Å². The van der Waals surface area contributed by atoms with E-state index in [0.717, 1.165) is 12.8 Å². The Hall–Kier alpha value is -1.26. The highest BCUT2D eigenvalue weighted by Gasteiger charge is 2.03. The molecule has 0 aliphatic heterocycles. The number of amides is 2. The molecule has 2 amide bonds. The first-order valence-corrected chi connectivity index (χ1v) is 9.82. The van der Waals surface area contributed by atoms with E-state index in [1.54, 1.807) is 0 Å². The van der Waals surface area contributed by atoms with Crippen LogP contribution in [0.2, 0.25) is 0 Å². The van der Waals surface area contributed by atoms with E-state index in [1.165, 1.54) is 77.7 Å². The first kappa shape index (κ1) is 22.7. The molecule has 0 bridgehead atoms. The minimum Gasteiger partial charge on any atom is -0.450 e. The molecule has 0 heterocycles. The van der Waals surface area contributed by atoms with Crippen molar-refractivity contribution >= 4 is 12.0 Å². The summed E-state index contributed by atoms with van der Waals surface area (Å²) in [6.07, 6.45) is 16.3. The SMILES string of the molecule is CCCCCCCCCCCCCCCOC(=O)NCC(=O)NC. The summed E-state index contributed by atoms with van der Waals surface area (Å²) in [7, 11) is 1.53. The number of rotatable bonds is 16. The number of carbonyl (C=O) groups excluding carboxylic acids is 2. The summed E-state index contributed by atoms with van der Waals surface area (Å²) in [5.74, 6) is -0.229. The van der Waals surface area contributed by atoms with Gasteiger partial charge in [-0.25, -0.2) is 4.79 Å². The lowest BCUT2D eigenvalue weighted by atomic mass is 10.0. The molecule has 0 saturated heterocycles. The van der Waals surface area contributed by atoms with E-state index < -0.39 is 6.09 Å². The van der Waals surface area contributed by atoms with Gasteiger partial charge in [-0.2, -0.15) is 0 Å². The summed E-state index contributed by atoms with van der Waals surface area (Å²) in [6.45, 7) is 2.65. The van der Waals surface area contributed by atoms with Crippen molar-refractivity contribution in [1.29, 1.82) is 0 Å². The molecule has 0 atom stereocenters. The molecule has 2 N–H and O–H groups in total. The van der Waals surface area contributed by atoms with E-state index >= 15 is 0 Å². The Bertz CT molecular complexity index is 309. The Balaban J connectivity index is 3.14. The summed E-state index contributed by atoms with van der Waals surface area (Å²) in [6, 6.07) is 0. The van der Waals surface area contributed by atoms with E-state index in [-0.39, 0.29) is 12.5 Å². The van der Waals surface area contributed by atoms with Crippen molar-refractivity contribution < 1.29 is 14.3 Å². The van der Waals surface area contributed by atoms with Crippen LogP contribution in [0.25, 0.3) is 0 Å². The van der Waals surface area contributed by atoms with E-state index in [9.17, 15) is 9.59 Å². The van der Waals surface area contributed by atoms with Gasteiger partial charge in [0.1, 0.15) is 0 Å². The Labute approximate surface area is 148 Å². The monoisotopic (exact) mass is 342 g/mol. The van der Waals surface area contributed by atoms with Crippen molar-refractivity contribution in [2.45, 2.75) is 90.4 Å². The second-order valence-electron chi connectivity index (χ2n) is 6.41. The van der Waals surface area contributed by atoms with Crippen LogP contribution < -0.4 is 10.6 Å².